The highest BCUT2D eigenvalue weighted by molar-refractivity contribution is 4.89. The third-order valence-electron chi connectivity index (χ3n) is 5.03. The molecule has 0 aromatic heterocycles. The molecule has 3 atom stereocenters. The van der Waals surface area contributed by atoms with E-state index < -0.39 is 0 Å². The van der Waals surface area contributed by atoms with Crippen molar-refractivity contribution in [2.24, 2.45) is 17.8 Å². The van der Waals surface area contributed by atoms with Gasteiger partial charge in [0.1, 0.15) is 0 Å². The molecule has 2 aliphatic carbocycles. The summed E-state index contributed by atoms with van der Waals surface area (Å²) in [6.45, 7) is 7.63. The van der Waals surface area contributed by atoms with Crippen LogP contribution in [0.15, 0.2) is 0 Å². The van der Waals surface area contributed by atoms with Gasteiger partial charge in [0, 0.05) is 32.2 Å². The Labute approximate surface area is 99.8 Å². The van der Waals surface area contributed by atoms with E-state index in [4.69, 9.17) is 0 Å². The predicted molar refractivity (Wildman–Crippen MR) is 67.5 cm³/mol. The first-order valence-corrected chi connectivity index (χ1v) is 7.28. The number of hydrogen-bond acceptors (Lipinski definition) is 2. The molecular weight excluding hydrogens is 196 g/mol. The zero-order valence-electron chi connectivity index (χ0n) is 10.6. The summed E-state index contributed by atoms with van der Waals surface area (Å²) in [6, 6.07) is 0.766. The van der Waals surface area contributed by atoms with Gasteiger partial charge >= 0.3 is 0 Å². The molecule has 1 aliphatic heterocycles. The number of nitrogens with one attached hydrogen (secondary N) is 1. The molecule has 3 rings (SSSR count). The Morgan fingerprint density at radius 2 is 1.81 bits per heavy atom. The smallest absolute Gasteiger partial charge is 0.0107 e. The quantitative estimate of drug-likeness (QED) is 0.766. The van der Waals surface area contributed by atoms with Crippen molar-refractivity contribution in [3.05, 3.63) is 0 Å². The minimum atomic E-state index is 0.766. The molecule has 1 N–H and O–H groups in total. The number of fused-ring (bicyclic) bond motifs is 1. The normalized spacial score (nSPS) is 36.6. The second-order valence-electron chi connectivity index (χ2n) is 6.29. The third-order valence-corrected chi connectivity index (χ3v) is 5.03. The van der Waals surface area contributed by atoms with Crippen LogP contribution in [0, 0.1) is 17.8 Å². The molecule has 0 aromatic rings. The highest BCUT2D eigenvalue weighted by Gasteiger charge is 2.35. The van der Waals surface area contributed by atoms with Crippen molar-refractivity contribution in [3.63, 3.8) is 0 Å². The first-order chi connectivity index (χ1) is 7.83. The molecule has 0 bridgehead atoms. The SMILES string of the molecule is CC(NCCN1CC2CCCC2C1)C1CC1. The largest absolute Gasteiger partial charge is 0.313 e. The topological polar surface area (TPSA) is 15.3 Å². The van der Waals surface area contributed by atoms with Gasteiger partial charge in [-0.1, -0.05) is 6.42 Å². The summed E-state index contributed by atoms with van der Waals surface area (Å²) in [5.74, 6) is 3.11. The van der Waals surface area contributed by atoms with Crippen LogP contribution in [0.25, 0.3) is 0 Å². The first-order valence-electron chi connectivity index (χ1n) is 7.28. The lowest BCUT2D eigenvalue weighted by atomic mass is 10.0. The highest BCUT2D eigenvalue weighted by atomic mass is 15.2. The Bertz CT molecular complexity index is 225. The van der Waals surface area contributed by atoms with E-state index in [1.54, 1.807) is 0 Å². The second-order valence-corrected chi connectivity index (χ2v) is 6.29. The minimum absolute atomic E-state index is 0.766. The van der Waals surface area contributed by atoms with Crippen LogP contribution >= 0.6 is 0 Å². The standard InChI is InChI=1S/C14H26N2/c1-11(12-5-6-12)15-7-8-16-9-13-3-2-4-14(13)10-16/h11-15H,2-10H2,1H3. The van der Waals surface area contributed by atoms with Gasteiger partial charge in [-0.3, -0.25) is 0 Å². The van der Waals surface area contributed by atoms with Crippen molar-refractivity contribution >= 4 is 0 Å². The van der Waals surface area contributed by atoms with Crippen molar-refractivity contribution in [3.8, 4) is 0 Å². The molecular formula is C14H26N2. The van der Waals surface area contributed by atoms with E-state index in [-0.39, 0.29) is 0 Å². The van der Waals surface area contributed by atoms with E-state index in [0.29, 0.717) is 0 Å². The summed E-state index contributed by atoms with van der Waals surface area (Å²) in [4.78, 5) is 2.70. The fourth-order valence-corrected chi connectivity index (χ4v) is 3.73. The van der Waals surface area contributed by atoms with Gasteiger partial charge in [0.15, 0.2) is 0 Å². The van der Waals surface area contributed by atoms with Gasteiger partial charge in [-0.2, -0.15) is 0 Å². The number of rotatable bonds is 5. The second kappa shape index (κ2) is 4.66. The predicted octanol–water partition coefficient (Wildman–Crippen LogP) is 2.11. The molecule has 0 aromatic carbocycles. The van der Waals surface area contributed by atoms with Crippen molar-refractivity contribution in [1.82, 2.24) is 10.2 Å². The lowest BCUT2D eigenvalue weighted by molar-refractivity contribution is 0.301. The Hall–Kier alpha value is -0.0800. The molecule has 2 nitrogen and oxygen atoms in total. The van der Waals surface area contributed by atoms with Gasteiger partial charge in [0.2, 0.25) is 0 Å². The van der Waals surface area contributed by atoms with Crippen LogP contribution in [-0.4, -0.2) is 37.1 Å². The van der Waals surface area contributed by atoms with Crippen LogP contribution in [0.2, 0.25) is 0 Å². The van der Waals surface area contributed by atoms with Gasteiger partial charge in [-0.05, 0) is 50.4 Å². The summed E-state index contributed by atoms with van der Waals surface area (Å²) in [5, 5.41) is 3.70. The van der Waals surface area contributed by atoms with E-state index in [1.165, 1.54) is 58.3 Å². The molecule has 2 heteroatoms. The van der Waals surface area contributed by atoms with Crippen molar-refractivity contribution in [2.75, 3.05) is 26.2 Å². The molecule has 1 saturated heterocycles. The molecule has 0 amide bonds. The Morgan fingerprint density at radius 1 is 1.12 bits per heavy atom. The minimum Gasteiger partial charge on any atom is -0.313 e. The third kappa shape index (κ3) is 2.43. The fraction of sp³-hybridized carbons (Fsp3) is 1.00. The highest BCUT2D eigenvalue weighted by Crippen LogP contribution is 2.37. The lowest BCUT2D eigenvalue weighted by Crippen LogP contribution is -2.36. The van der Waals surface area contributed by atoms with Crippen LogP contribution in [0.5, 0.6) is 0 Å². The molecule has 2 saturated carbocycles. The molecule has 92 valence electrons. The van der Waals surface area contributed by atoms with E-state index in [1.807, 2.05) is 0 Å². The summed E-state index contributed by atoms with van der Waals surface area (Å²) < 4.78 is 0. The first kappa shape index (κ1) is 11.0. The van der Waals surface area contributed by atoms with Crippen LogP contribution < -0.4 is 5.32 Å². The summed E-state index contributed by atoms with van der Waals surface area (Å²) in [7, 11) is 0. The maximum Gasteiger partial charge on any atom is 0.0107 e. The molecule has 3 fully saturated rings. The number of likely N-dealkylation sites (tertiary alicyclic amines) is 1. The summed E-state index contributed by atoms with van der Waals surface area (Å²) in [5.41, 5.74) is 0. The lowest BCUT2D eigenvalue weighted by Gasteiger charge is -2.19. The van der Waals surface area contributed by atoms with Gasteiger partial charge in [-0.15, -0.1) is 0 Å². The molecule has 0 spiro atoms. The Morgan fingerprint density at radius 3 is 2.44 bits per heavy atom. The monoisotopic (exact) mass is 222 g/mol. The van der Waals surface area contributed by atoms with Gasteiger partial charge < -0.3 is 10.2 Å². The fourth-order valence-electron chi connectivity index (χ4n) is 3.73. The number of hydrogen-bond donors (Lipinski definition) is 1. The number of nitrogens with zero attached hydrogens (tertiary/aromatic N) is 1. The van der Waals surface area contributed by atoms with Crippen molar-refractivity contribution in [2.45, 2.75) is 45.1 Å². The Kier molecular flexibility index (Phi) is 3.21. The molecule has 1 heterocycles. The average molecular weight is 222 g/mol. The summed E-state index contributed by atoms with van der Waals surface area (Å²) in [6.07, 6.45) is 7.43. The van der Waals surface area contributed by atoms with E-state index in [2.05, 4.69) is 17.1 Å². The van der Waals surface area contributed by atoms with Crippen molar-refractivity contribution < 1.29 is 0 Å². The van der Waals surface area contributed by atoms with Crippen molar-refractivity contribution in [1.29, 1.82) is 0 Å². The van der Waals surface area contributed by atoms with Crippen LogP contribution in [0.1, 0.15) is 39.0 Å². The maximum atomic E-state index is 3.70. The van der Waals surface area contributed by atoms with Crippen LogP contribution in [-0.2, 0) is 0 Å². The molecule has 16 heavy (non-hydrogen) atoms. The van der Waals surface area contributed by atoms with Gasteiger partial charge in [0.25, 0.3) is 0 Å². The zero-order chi connectivity index (χ0) is 11.0. The van der Waals surface area contributed by atoms with Gasteiger partial charge in [-0.25, -0.2) is 0 Å². The molecule has 3 aliphatic rings. The summed E-state index contributed by atoms with van der Waals surface area (Å²) >= 11 is 0. The van der Waals surface area contributed by atoms with E-state index in [9.17, 15) is 0 Å². The van der Waals surface area contributed by atoms with E-state index in [0.717, 1.165) is 23.8 Å². The zero-order valence-corrected chi connectivity index (χ0v) is 10.6. The average Bonchev–Trinajstić information content (AvgIpc) is 2.91. The Balaban J connectivity index is 1.33. The van der Waals surface area contributed by atoms with Gasteiger partial charge in [0.05, 0.1) is 0 Å². The molecule has 3 unspecified atom stereocenters. The molecule has 0 radical (unpaired) electrons. The van der Waals surface area contributed by atoms with E-state index >= 15 is 0 Å². The van der Waals surface area contributed by atoms with Crippen LogP contribution in [0.4, 0.5) is 0 Å². The maximum absolute atomic E-state index is 3.70. The van der Waals surface area contributed by atoms with Crippen LogP contribution in [0.3, 0.4) is 0 Å².